The molecule has 0 saturated heterocycles. The Hall–Kier alpha value is -1.39. The van der Waals surface area contributed by atoms with E-state index in [1.165, 1.54) is 30.4 Å². The molecule has 1 aromatic heterocycles. The lowest BCUT2D eigenvalue weighted by molar-refractivity contribution is 0.105. The van der Waals surface area contributed by atoms with Gasteiger partial charge in [0.1, 0.15) is 12.9 Å². The van der Waals surface area contributed by atoms with Crippen LogP contribution in [0.25, 0.3) is 5.69 Å². The molecule has 4 nitrogen and oxygen atoms in total. The van der Waals surface area contributed by atoms with Crippen molar-refractivity contribution in [1.82, 2.24) is 14.8 Å². The molecule has 0 atom stereocenters. The monoisotopic (exact) mass is 359 g/mol. The normalized spacial score (nSPS) is 26.2. The molecule has 1 aromatic carbocycles. The highest BCUT2D eigenvalue weighted by Gasteiger charge is 2.35. The predicted octanol–water partition coefficient (Wildman–Crippen LogP) is 4.97. The lowest BCUT2D eigenvalue weighted by Crippen LogP contribution is -2.27. The maximum absolute atomic E-state index is 7.09. The van der Waals surface area contributed by atoms with Crippen LogP contribution in [0.3, 0.4) is 0 Å². The van der Waals surface area contributed by atoms with Gasteiger partial charge >= 0.3 is 0 Å². The van der Waals surface area contributed by atoms with Gasteiger partial charge in [0.05, 0.1) is 17.2 Å². The fourth-order valence-corrected chi connectivity index (χ4v) is 4.69. The fraction of sp³-hybridized carbons (Fsp3) is 0.600. The maximum Gasteiger partial charge on any atom is 0.163 e. The van der Waals surface area contributed by atoms with Crippen molar-refractivity contribution >= 4 is 11.6 Å². The first-order valence-corrected chi connectivity index (χ1v) is 9.72. The molecule has 1 fully saturated rings. The third-order valence-electron chi connectivity index (χ3n) is 5.67. The average molecular weight is 360 g/mol. The average Bonchev–Trinajstić information content (AvgIpc) is 2.98. The second-order valence-corrected chi connectivity index (χ2v) is 8.72. The van der Waals surface area contributed by atoms with Crippen molar-refractivity contribution in [2.45, 2.75) is 64.0 Å². The van der Waals surface area contributed by atoms with Crippen LogP contribution in [0.4, 0.5) is 0 Å². The highest BCUT2D eigenvalue weighted by atomic mass is 35.5. The molecule has 0 spiro atoms. The van der Waals surface area contributed by atoms with E-state index in [4.69, 9.17) is 16.3 Å². The first kappa shape index (κ1) is 17.0. The molecule has 0 unspecified atom stereocenters. The van der Waals surface area contributed by atoms with E-state index in [2.05, 4.69) is 42.2 Å². The highest BCUT2D eigenvalue weighted by Crippen LogP contribution is 2.46. The van der Waals surface area contributed by atoms with Crippen LogP contribution in [0.5, 0.6) is 0 Å². The van der Waals surface area contributed by atoms with E-state index >= 15 is 0 Å². The number of rotatable bonds is 3. The molecule has 1 saturated carbocycles. The fourth-order valence-electron chi connectivity index (χ4n) is 4.35. The third kappa shape index (κ3) is 3.34. The minimum absolute atomic E-state index is 0.231. The Kier molecular flexibility index (Phi) is 4.59. The topological polar surface area (TPSA) is 39.9 Å². The largest absolute Gasteiger partial charge is 0.369 e. The van der Waals surface area contributed by atoms with Crippen LogP contribution in [0, 0.1) is 11.8 Å². The lowest BCUT2D eigenvalue weighted by atomic mass is 9.75. The van der Waals surface area contributed by atoms with Crippen molar-refractivity contribution < 1.29 is 4.74 Å². The quantitative estimate of drug-likeness (QED) is 0.726. The van der Waals surface area contributed by atoms with E-state index < -0.39 is 0 Å². The first-order chi connectivity index (χ1) is 12.0. The third-order valence-corrected chi connectivity index (χ3v) is 6.26. The van der Waals surface area contributed by atoms with Crippen LogP contribution in [0.2, 0.25) is 0 Å². The molecule has 5 heteroatoms. The minimum Gasteiger partial charge on any atom is -0.369 e. The summed E-state index contributed by atoms with van der Waals surface area (Å²) in [5, 5.41) is 8.14. The van der Waals surface area contributed by atoms with Gasteiger partial charge in [-0.3, -0.25) is 4.57 Å². The molecule has 25 heavy (non-hydrogen) atoms. The molecule has 134 valence electrons. The highest BCUT2D eigenvalue weighted by molar-refractivity contribution is 6.24. The Morgan fingerprint density at radius 2 is 2.08 bits per heavy atom. The summed E-state index contributed by atoms with van der Waals surface area (Å²) < 4.78 is 7.80. The number of hydrogen-bond acceptors (Lipinski definition) is 3. The van der Waals surface area contributed by atoms with Gasteiger partial charge in [-0.15, -0.1) is 21.8 Å². The summed E-state index contributed by atoms with van der Waals surface area (Å²) in [6.07, 6.45) is 7.65. The summed E-state index contributed by atoms with van der Waals surface area (Å²) in [5.74, 6) is 2.45. The van der Waals surface area contributed by atoms with Crippen LogP contribution in [-0.4, -0.2) is 14.8 Å². The van der Waals surface area contributed by atoms with Crippen molar-refractivity contribution in [3.63, 3.8) is 0 Å². The van der Waals surface area contributed by atoms with Gasteiger partial charge in [0.25, 0.3) is 0 Å². The molecular weight excluding hydrogens is 334 g/mol. The minimum atomic E-state index is -0.231. The molecule has 2 aliphatic rings. The molecule has 1 aliphatic carbocycles. The zero-order valence-corrected chi connectivity index (χ0v) is 15.8. The van der Waals surface area contributed by atoms with E-state index in [0.29, 0.717) is 13.2 Å². The maximum atomic E-state index is 7.09. The Morgan fingerprint density at radius 1 is 1.28 bits per heavy atom. The zero-order valence-electron chi connectivity index (χ0n) is 15.0. The molecule has 2 heterocycles. The molecule has 1 aliphatic heterocycles. The van der Waals surface area contributed by atoms with E-state index in [1.807, 2.05) is 4.57 Å². The summed E-state index contributed by atoms with van der Waals surface area (Å²) in [6.45, 7) is 5.71. The van der Waals surface area contributed by atoms with Crippen LogP contribution in [0.1, 0.15) is 62.9 Å². The number of nitrogens with zero attached hydrogens (tertiary/aromatic N) is 3. The summed E-state index contributed by atoms with van der Waals surface area (Å²) in [4.78, 5) is -0.231. The van der Waals surface area contributed by atoms with Crippen molar-refractivity contribution in [2.75, 3.05) is 0 Å². The Labute approximate surface area is 154 Å². The van der Waals surface area contributed by atoms with Gasteiger partial charge in [-0.05, 0) is 61.6 Å². The molecule has 4 rings (SSSR count). The molecule has 0 amide bonds. The van der Waals surface area contributed by atoms with Crippen LogP contribution >= 0.6 is 11.6 Å². The Morgan fingerprint density at radius 3 is 2.84 bits per heavy atom. The number of benzene rings is 1. The van der Waals surface area contributed by atoms with E-state index in [1.54, 1.807) is 6.33 Å². The van der Waals surface area contributed by atoms with E-state index in [0.717, 1.165) is 36.2 Å². The van der Waals surface area contributed by atoms with Crippen molar-refractivity contribution in [3.8, 4) is 5.69 Å². The zero-order chi connectivity index (χ0) is 17.4. The van der Waals surface area contributed by atoms with Gasteiger partial charge in [0.2, 0.25) is 0 Å². The SMILES string of the molecule is CC(C)CC1CCC(Cl)(c2ccc3c(c2)COCc2nncn2-3)CC1. The molecule has 0 bridgehead atoms. The molecule has 0 radical (unpaired) electrons. The van der Waals surface area contributed by atoms with Crippen molar-refractivity contribution in [2.24, 2.45) is 11.8 Å². The van der Waals surface area contributed by atoms with Gasteiger partial charge in [0.15, 0.2) is 5.82 Å². The number of halogens is 1. The van der Waals surface area contributed by atoms with E-state index in [9.17, 15) is 0 Å². The predicted molar refractivity (Wildman–Crippen MR) is 98.8 cm³/mol. The second kappa shape index (κ2) is 6.73. The number of ether oxygens (including phenoxy) is 1. The summed E-state index contributed by atoms with van der Waals surface area (Å²) in [7, 11) is 0. The number of aromatic nitrogens is 3. The standard InChI is InChI=1S/C20H26ClN3O/c1-14(2)9-15-5-7-20(21,8-6-15)17-3-4-18-16(10-17)11-25-12-19-23-22-13-24(18)19/h3-4,10,13-15H,5-9,11-12H2,1-2H3. The van der Waals surface area contributed by atoms with Crippen LogP contribution in [0.15, 0.2) is 24.5 Å². The van der Waals surface area contributed by atoms with Crippen LogP contribution < -0.4 is 0 Å². The number of hydrogen-bond donors (Lipinski definition) is 0. The summed E-state index contributed by atoms with van der Waals surface area (Å²) >= 11 is 7.09. The summed E-state index contributed by atoms with van der Waals surface area (Å²) in [5.41, 5.74) is 3.51. The Bertz CT molecular complexity index is 747. The van der Waals surface area contributed by atoms with Gasteiger partial charge in [-0.2, -0.15) is 0 Å². The van der Waals surface area contributed by atoms with Crippen molar-refractivity contribution in [3.05, 3.63) is 41.5 Å². The number of alkyl halides is 1. The van der Waals surface area contributed by atoms with Gasteiger partial charge in [-0.1, -0.05) is 19.9 Å². The smallest absolute Gasteiger partial charge is 0.163 e. The number of fused-ring (bicyclic) bond motifs is 3. The van der Waals surface area contributed by atoms with E-state index in [-0.39, 0.29) is 4.87 Å². The van der Waals surface area contributed by atoms with Gasteiger partial charge in [0, 0.05) is 5.56 Å². The van der Waals surface area contributed by atoms with Gasteiger partial charge in [-0.25, -0.2) is 0 Å². The van der Waals surface area contributed by atoms with Gasteiger partial charge < -0.3 is 4.74 Å². The molecule has 0 N–H and O–H groups in total. The van der Waals surface area contributed by atoms with Crippen LogP contribution in [-0.2, 0) is 22.8 Å². The molecule has 2 aromatic rings. The Balaban J connectivity index is 1.58. The first-order valence-electron chi connectivity index (χ1n) is 9.34. The lowest BCUT2D eigenvalue weighted by Gasteiger charge is -2.36. The second-order valence-electron chi connectivity index (χ2n) is 7.99. The van der Waals surface area contributed by atoms with Crippen molar-refractivity contribution in [1.29, 1.82) is 0 Å². The summed E-state index contributed by atoms with van der Waals surface area (Å²) in [6, 6.07) is 6.57. The molecular formula is C20H26ClN3O.